The lowest BCUT2D eigenvalue weighted by molar-refractivity contribution is 0.0389. The normalized spacial score (nSPS) is 23.1. The molecule has 1 aliphatic rings. The van der Waals surface area contributed by atoms with Crippen LogP contribution in [0.25, 0.3) is 0 Å². The zero-order valence-corrected chi connectivity index (χ0v) is 10.1. The lowest BCUT2D eigenvalue weighted by Crippen LogP contribution is -2.28. The molecule has 84 valence electrons. The van der Waals surface area contributed by atoms with E-state index in [-0.39, 0.29) is 11.5 Å². The van der Waals surface area contributed by atoms with Crippen LogP contribution in [0.1, 0.15) is 65.7 Å². The van der Waals surface area contributed by atoms with Crippen LogP contribution in [0.15, 0.2) is 0 Å². The Kier molecular flexibility index (Phi) is 4.43. The molecule has 1 atom stereocenters. The summed E-state index contributed by atoms with van der Waals surface area (Å²) in [6.45, 7) is 6.40. The van der Waals surface area contributed by atoms with Gasteiger partial charge in [0.05, 0.1) is 6.10 Å². The lowest BCUT2D eigenvalue weighted by atomic mass is 9.81. The molecule has 0 radical (unpaired) electrons. The summed E-state index contributed by atoms with van der Waals surface area (Å²) in [6, 6.07) is 0. The van der Waals surface area contributed by atoms with Crippen LogP contribution < -0.4 is 0 Å². The maximum Gasteiger partial charge on any atom is 0.0591 e. The van der Waals surface area contributed by atoms with Gasteiger partial charge in [-0.05, 0) is 17.8 Å². The first-order chi connectivity index (χ1) is 6.50. The molecule has 0 aromatic rings. The van der Waals surface area contributed by atoms with Crippen molar-refractivity contribution >= 4 is 0 Å². The second-order valence-corrected chi connectivity index (χ2v) is 5.98. The topological polar surface area (TPSA) is 20.2 Å². The molecule has 1 unspecified atom stereocenters. The largest absolute Gasteiger partial charge is 0.393 e. The first kappa shape index (κ1) is 12.0. The molecule has 1 N–H and O–H groups in total. The van der Waals surface area contributed by atoms with E-state index in [0.29, 0.717) is 0 Å². The molecule has 1 saturated carbocycles. The summed E-state index contributed by atoms with van der Waals surface area (Å²) < 4.78 is 0. The van der Waals surface area contributed by atoms with E-state index in [2.05, 4.69) is 20.8 Å². The Morgan fingerprint density at radius 2 is 1.57 bits per heavy atom. The molecule has 0 aromatic carbocycles. The molecule has 0 bridgehead atoms. The van der Waals surface area contributed by atoms with E-state index >= 15 is 0 Å². The highest BCUT2D eigenvalue weighted by atomic mass is 16.3. The number of hydrogen-bond donors (Lipinski definition) is 1. The summed E-state index contributed by atoms with van der Waals surface area (Å²) in [7, 11) is 0. The van der Waals surface area contributed by atoms with E-state index in [0.717, 1.165) is 12.3 Å². The van der Waals surface area contributed by atoms with E-state index in [1.807, 2.05) is 0 Å². The maximum absolute atomic E-state index is 10.0. The number of rotatable bonds is 2. The van der Waals surface area contributed by atoms with Crippen LogP contribution in [0, 0.1) is 11.3 Å². The Hall–Kier alpha value is -0.0400. The fourth-order valence-corrected chi connectivity index (χ4v) is 2.27. The van der Waals surface area contributed by atoms with Gasteiger partial charge in [-0.1, -0.05) is 59.3 Å². The fraction of sp³-hybridized carbons (Fsp3) is 1.00. The molecular formula is C13H26O. The van der Waals surface area contributed by atoms with Crippen LogP contribution >= 0.6 is 0 Å². The SMILES string of the molecule is CC(C)(C)C(O)CC1CCCCCC1. The minimum absolute atomic E-state index is 0.0618. The molecule has 0 aromatic heterocycles. The van der Waals surface area contributed by atoms with Crippen LogP contribution in [0.4, 0.5) is 0 Å². The lowest BCUT2D eigenvalue weighted by Gasteiger charge is -2.29. The average molecular weight is 198 g/mol. The van der Waals surface area contributed by atoms with Gasteiger partial charge in [0.15, 0.2) is 0 Å². The van der Waals surface area contributed by atoms with Gasteiger partial charge in [0, 0.05) is 0 Å². The van der Waals surface area contributed by atoms with Crippen molar-refractivity contribution in [3.63, 3.8) is 0 Å². The minimum Gasteiger partial charge on any atom is -0.393 e. The van der Waals surface area contributed by atoms with Crippen molar-refractivity contribution in [1.29, 1.82) is 0 Å². The second-order valence-electron chi connectivity index (χ2n) is 5.98. The Balaban J connectivity index is 2.34. The Labute approximate surface area is 88.9 Å². The van der Waals surface area contributed by atoms with Gasteiger partial charge >= 0.3 is 0 Å². The molecule has 1 nitrogen and oxygen atoms in total. The molecule has 1 rings (SSSR count). The summed E-state index contributed by atoms with van der Waals surface area (Å²) in [4.78, 5) is 0. The van der Waals surface area contributed by atoms with Gasteiger partial charge in [-0.15, -0.1) is 0 Å². The zero-order chi connectivity index (χ0) is 10.6. The molecule has 1 aliphatic carbocycles. The van der Waals surface area contributed by atoms with E-state index < -0.39 is 0 Å². The molecule has 1 fully saturated rings. The highest BCUT2D eigenvalue weighted by Gasteiger charge is 2.25. The second kappa shape index (κ2) is 5.16. The highest BCUT2D eigenvalue weighted by Crippen LogP contribution is 2.31. The minimum atomic E-state index is -0.120. The van der Waals surface area contributed by atoms with Crippen molar-refractivity contribution in [2.75, 3.05) is 0 Å². The number of aliphatic hydroxyl groups excluding tert-OH is 1. The molecule has 1 heteroatoms. The summed E-state index contributed by atoms with van der Waals surface area (Å²) >= 11 is 0. The van der Waals surface area contributed by atoms with Crippen LogP contribution in [-0.2, 0) is 0 Å². The molecule has 0 saturated heterocycles. The van der Waals surface area contributed by atoms with Crippen molar-refractivity contribution in [1.82, 2.24) is 0 Å². The predicted octanol–water partition coefficient (Wildman–Crippen LogP) is 3.75. The first-order valence-corrected chi connectivity index (χ1v) is 6.18. The van der Waals surface area contributed by atoms with Crippen LogP contribution in [-0.4, -0.2) is 11.2 Å². The van der Waals surface area contributed by atoms with Crippen LogP contribution in [0.5, 0.6) is 0 Å². The van der Waals surface area contributed by atoms with E-state index in [1.165, 1.54) is 38.5 Å². The van der Waals surface area contributed by atoms with Crippen molar-refractivity contribution in [2.45, 2.75) is 71.8 Å². The zero-order valence-electron chi connectivity index (χ0n) is 10.1. The summed E-state index contributed by atoms with van der Waals surface area (Å²) in [6.07, 6.45) is 9.14. The summed E-state index contributed by atoms with van der Waals surface area (Å²) in [5.41, 5.74) is 0.0618. The third kappa shape index (κ3) is 4.00. The molecule has 14 heavy (non-hydrogen) atoms. The third-order valence-corrected chi connectivity index (χ3v) is 3.53. The maximum atomic E-state index is 10.0. The van der Waals surface area contributed by atoms with E-state index in [9.17, 15) is 5.11 Å². The van der Waals surface area contributed by atoms with Crippen molar-refractivity contribution in [3.05, 3.63) is 0 Å². The predicted molar refractivity (Wildman–Crippen MR) is 61.3 cm³/mol. The standard InChI is InChI=1S/C13H26O/c1-13(2,3)12(14)10-11-8-6-4-5-7-9-11/h11-12,14H,4-10H2,1-3H3. The van der Waals surface area contributed by atoms with Gasteiger partial charge in [-0.2, -0.15) is 0 Å². The molecule has 0 aliphatic heterocycles. The summed E-state index contributed by atoms with van der Waals surface area (Å²) in [5.74, 6) is 0.784. The smallest absolute Gasteiger partial charge is 0.0591 e. The first-order valence-electron chi connectivity index (χ1n) is 6.18. The van der Waals surface area contributed by atoms with Crippen molar-refractivity contribution in [2.24, 2.45) is 11.3 Å². The highest BCUT2D eigenvalue weighted by molar-refractivity contribution is 4.77. The summed E-state index contributed by atoms with van der Waals surface area (Å²) in [5, 5.41) is 10.0. The molecule has 0 heterocycles. The average Bonchev–Trinajstić information content (AvgIpc) is 2.31. The van der Waals surface area contributed by atoms with E-state index in [1.54, 1.807) is 0 Å². The van der Waals surface area contributed by atoms with Gasteiger partial charge in [-0.3, -0.25) is 0 Å². The Morgan fingerprint density at radius 1 is 1.07 bits per heavy atom. The van der Waals surface area contributed by atoms with Gasteiger partial charge in [0.1, 0.15) is 0 Å². The van der Waals surface area contributed by atoms with Crippen molar-refractivity contribution < 1.29 is 5.11 Å². The molecular weight excluding hydrogens is 172 g/mol. The van der Waals surface area contributed by atoms with Crippen LogP contribution in [0.2, 0.25) is 0 Å². The Morgan fingerprint density at radius 3 is 2.00 bits per heavy atom. The number of aliphatic hydroxyl groups is 1. The van der Waals surface area contributed by atoms with Gasteiger partial charge < -0.3 is 5.11 Å². The molecule has 0 spiro atoms. The quantitative estimate of drug-likeness (QED) is 0.670. The Bertz CT molecular complexity index is 149. The monoisotopic (exact) mass is 198 g/mol. The van der Waals surface area contributed by atoms with Gasteiger partial charge in [0.25, 0.3) is 0 Å². The third-order valence-electron chi connectivity index (χ3n) is 3.53. The number of hydrogen-bond acceptors (Lipinski definition) is 1. The van der Waals surface area contributed by atoms with Gasteiger partial charge in [0.2, 0.25) is 0 Å². The van der Waals surface area contributed by atoms with Crippen molar-refractivity contribution in [3.8, 4) is 0 Å². The fourth-order valence-electron chi connectivity index (χ4n) is 2.27. The van der Waals surface area contributed by atoms with Gasteiger partial charge in [-0.25, -0.2) is 0 Å². The van der Waals surface area contributed by atoms with Crippen LogP contribution in [0.3, 0.4) is 0 Å². The molecule has 0 amide bonds. The van der Waals surface area contributed by atoms with E-state index in [4.69, 9.17) is 0 Å².